The summed E-state index contributed by atoms with van der Waals surface area (Å²) in [7, 11) is -5.08. The lowest BCUT2D eigenvalue weighted by molar-refractivity contribution is -0.301. The molecule has 0 saturated carbocycles. The van der Waals surface area contributed by atoms with Gasteiger partial charge in [-0.2, -0.15) is 8.42 Å². The van der Waals surface area contributed by atoms with E-state index < -0.39 is 59.8 Å². The summed E-state index contributed by atoms with van der Waals surface area (Å²) in [6.07, 6.45) is 58.0. The van der Waals surface area contributed by atoms with Crippen LogP contribution in [0.3, 0.4) is 0 Å². The average molecular weight is 1000 g/mol. The number of hydrogen-bond donors (Lipinski definition) is 4. The second kappa shape index (κ2) is 46.6. The Bertz CT molecular complexity index is 1670. The molecule has 6 unspecified atom stereocenters. The number of rotatable bonds is 44. The molecule has 0 radical (unpaired) electrons. The summed E-state index contributed by atoms with van der Waals surface area (Å²) >= 11 is 0. The van der Waals surface area contributed by atoms with Gasteiger partial charge >= 0.3 is 16.4 Å². The van der Waals surface area contributed by atoms with Crippen molar-refractivity contribution in [2.24, 2.45) is 0 Å². The number of carbonyl (C=O) groups excluding carboxylic acids is 1. The van der Waals surface area contributed by atoms with Crippen LogP contribution in [0.2, 0.25) is 0 Å². The van der Waals surface area contributed by atoms with Crippen LogP contribution in [0, 0.1) is 0 Å². The maximum absolute atomic E-state index is 12.9. The summed E-state index contributed by atoms with van der Waals surface area (Å²) in [6.45, 7) is 3.68. The van der Waals surface area contributed by atoms with Crippen molar-refractivity contribution in [1.82, 2.24) is 0 Å². The van der Waals surface area contributed by atoms with Gasteiger partial charge in [0.25, 0.3) is 0 Å². The molecule has 12 nitrogen and oxygen atoms in total. The minimum atomic E-state index is -5.08. The third kappa shape index (κ3) is 39.2. The number of carbonyl (C=O) groups is 1. The van der Waals surface area contributed by atoms with Crippen LogP contribution in [0.4, 0.5) is 0 Å². The first-order valence-corrected chi connectivity index (χ1v) is 27.7. The quantitative estimate of drug-likeness (QED) is 0.0197. The van der Waals surface area contributed by atoms with E-state index in [0.717, 1.165) is 103 Å². The zero-order valence-corrected chi connectivity index (χ0v) is 43.6. The fourth-order valence-corrected chi connectivity index (χ4v) is 7.70. The molecule has 0 aliphatic carbocycles. The molecule has 0 spiro atoms. The lowest BCUT2D eigenvalue weighted by Crippen LogP contribution is -2.60. The largest absolute Gasteiger partial charge is 0.457 e. The number of unbranched alkanes of at least 4 members (excludes halogenated alkanes) is 11. The Kier molecular flexibility index (Phi) is 42.9. The molecule has 1 saturated heterocycles. The molecule has 0 aromatic heterocycles. The Morgan fingerprint density at radius 1 is 0.543 bits per heavy atom. The highest BCUT2D eigenvalue weighted by molar-refractivity contribution is 7.80. The number of aliphatic hydroxyl groups is 3. The van der Waals surface area contributed by atoms with E-state index in [4.69, 9.17) is 18.9 Å². The number of esters is 1. The van der Waals surface area contributed by atoms with Crippen LogP contribution >= 0.6 is 0 Å². The molecular formula is C57H92O12S. The van der Waals surface area contributed by atoms with Gasteiger partial charge in [-0.15, -0.1) is 0 Å². The van der Waals surface area contributed by atoms with Gasteiger partial charge in [-0.1, -0.05) is 180 Å². The smallest absolute Gasteiger partial charge is 0.397 e. The van der Waals surface area contributed by atoms with E-state index in [-0.39, 0.29) is 19.6 Å². The van der Waals surface area contributed by atoms with Crippen LogP contribution in [-0.4, -0.2) is 97.5 Å². The molecular weight excluding hydrogens is 909 g/mol. The summed E-state index contributed by atoms with van der Waals surface area (Å²) in [6, 6.07) is 0. The zero-order valence-electron chi connectivity index (χ0n) is 42.8. The van der Waals surface area contributed by atoms with Crippen LogP contribution in [0.25, 0.3) is 0 Å². The number of allylic oxidation sites excluding steroid dienone is 20. The van der Waals surface area contributed by atoms with Crippen LogP contribution < -0.4 is 0 Å². The Balaban J connectivity index is 2.40. The van der Waals surface area contributed by atoms with Crippen molar-refractivity contribution >= 4 is 16.4 Å². The highest BCUT2D eigenvalue weighted by atomic mass is 32.3. The highest BCUT2D eigenvalue weighted by Gasteiger charge is 2.48. The van der Waals surface area contributed by atoms with Crippen molar-refractivity contribution in [3.63, 3.8) is 0 Å². The van der Waals surface area contributed by atoms with Gasteiger partial charge in [0.05, 0.1) is 19.8 Å². The van der Waals surface area contributed by atoms with E-state index in [1.54, 1.807) is 0 Å². The summed E-state index contributed by atoms with van der Waals surface area (Å²) in [5.74, 6) is -0.448. The standard InChI is InChI=1S/C57H92O12S/c1-3-5-7-9-11-13-15-17-19-21-23-25-27-29-31-33-35-37-39-41-43-45-47-65-49-51(50-66-57-55(61)56(69-70(62,63)64)54(60)52(48-58)68-57)67-53(59)46-44-42-40-38-36-34-32-30-28-26-24-22-20-18-16-14-12-10-8-6-4-2/h5-8,11-14,17-20,23-26,30,32,36,38,51-52,54-58,60-61H,3-4,9-10,15-16,21-22,27-29,31,33-35,37,39-50H2,1-2H3,(H,62,63,64)/b7-5-,8-6-,13-11-,14-12-,19-17-,20-18-,25-23-,26-24-,32-30-,38-36-. The minimum Gasteiger partial charge on any atom is -0.457 e. The predicted octanol–water partition coefficient (Wildman–Crippen LogP) is 12.5. The first kappa shape index (κ1) is 64.5. The molecule has 13 heteroatoms. The van der Waals surface area contributed by atoms with E-state index in [9.17, 15) is 33.1 Å². The summed E-state index contributed by atoms with van der Waals surface area (Å²) < 4.78 is 59.3. The van der Waals surface area contributed by atoms with Crippen molar-refractivity contribution in [2.45, 2.75) is 205 Å². The van der Waals surface area contributed by atoms with Crippen molar-refractivity contribution in [3.05, 3.63) is 122 Å². The Morgan fingerprint density at radius 3 is 1.37 bits per heavy atom. The first-order valence-electron chi connectivity index (χ1n) is 26.3. The maximum atomic E-state index is 12.9. The van der Waals surface area contributed by atoms with Crippen molar-refractivity contribution in [1.29, 1.82) is 0 Å². The highest BCUT2D eigenvalue weighted by Crippen LogP contribution is 2.26. The lowest BCUT2D eigenvalue weighted by atomic mass is 9.99. The molecule has 0 bridgehead atoms. The fraction of sp³-hybridized carbons (Fsp3) is 0.632. The third-order valence-electron chi connectivity index (χ3n) is 11.1. The molecule has 0 aromatic rings. The third-order valence-corrected chi connectivity index (χ3v) is 11.5. The van der Waals surface area contributed by atoms with Gasteiger partial charge in [-0.25, -0.2) is 4.18 Å². The molecule has 1 aliphatic rings. The van der Waals surface area contributed by atoms with Gasteiger partial charge < -0.3 is 34.3 Å². The summed E-state index contributed by atoms with van der Waals surface area (Å²) in [5.41, 5.74) is 0. The Morgan fingerprint density at radius 2 is 0.943 bits per heavy atom. The second-order valence-electron chi connectivity index (χ2n) is 17.3. The lowest BCUT2D eigenvalue weighted by Gasteiger charge is -2.41. The van der Waals surface area contributed by atoms with E-state index in [1.165, 1.54) is 38.5 Å². The number of aliphatic hydroxyl groups excluding tert-OH is 3. The van der Waals surface area contributed by atoms with E-state index in [2.05, 4.69) is 140 Å². The molecule has 1 rings (SSSR count). The van der Waals surface area contributed by atoms with Gasteiger partial charge in [-0.05, 0) is 103 Å². The van der Waals surface area contributed by atoms with Crippen LogP contribution in [-0.2, 0) is 38.3 Å². The molecule has 398 valence electrons. The molecule has 1 fully saturated rings. The summed E-state index contributed by atoms with van der Waals surface area (Å²) in [4.78, 5) is 12.9. The second-order valence-corrected chi connectivity index (χ2v) is 18.4. The van der Waals surface area contributed by atoms with E-state index >= 15 is 0 Å². The molecule has 0 aromatic carbocycles. The van der Waals surface area contributed by atoms with Crippen LogP contribution in [0.5, 0.6) is 0 Å². The van der Waals surface area contributed by atoms with Gasteiger partial charge in [-0.3, -0.25) is 9.35 Å². The molecule has 6 atom stereocenters. The van der Waals surface area contributed by atoms with E-state index in [1.807, 2.05) is 0 Å². The molecule has 1 aliphatic heterocycles. The molecule has 70 heavy (non-hydrogen) atoms. The van der Waals surface area contributed by atoms with Gasteiger partial charge in [0.2, 0.25) is 0 Å². The van der Waals surface area contributed by atoms with Gasteiger partial charge in [0.15, 0.2) is 6.29 Å². The molecule has 0 amide bonds. The van der Waals surface area contributed by atoms with Crippen molar-refractivity contribution < 1.29 is 56.2 Å². The SMILES string of the molecule is CC/C=C\C/C=C\C/C=C\C/C=C\C/C=C\C/C=C\CCCCC(=O)OC(COCCCCCCCCCCC/C=C\C/C=C\C/C=C\C/C=C\CC)COC1OC(CO)C(O)C(OS(=O)(=O)O)C1O. The number of hydrogen-bond acceptors (Lipinski definition) is 11. The van der Waals surface area contributed by atoms with Crippen molar-refractivity contribution in [2.75, 3.05) is 26.4 Å². The van der Waals surface area contributed by atoms with Crippen molar-refractivity contribution in [3.8, 4) is 0 Å². The molecule has 1 heterocycles. The minimum absolute atomic E-state index is 0.00497. The molecule has 4 N–H and O–H groups in total. The van der Waals surface area contributed by atoms with Crippen LogP contribution in [0.1, 0.15) is 168 Å². The Labute approximate surface area is 423 Å². The average Bonchev–Trinajstić information content (AvgIpc) is 3.34. The Hall–Kier alpha value is -3.50. The maximum Gasteiger partial charge on any atom is 0.397 e. The van der Waals surface area contributed by atoms with Crippen LogP contribution in [0.15, 0.2) is 122 Å². The van der Waals surface area contributed by atoms with Gasteiger partial charge in [0.1, 0.15) is 30.5 Å². The topological polar surface area (TPSA) is 178 Å². The van der Waals surface area contributed by atoms with E-state index in [0.29, 0.717) is 13.0 Å². The predicted molar refractivity (Wildman–Crippen MR) is 284 cm³/mol. The fourth-order valence-electron chi connectivity index (χ4n) is 7.20. The normalized spacial score (nSPS) is 20.1. The zero-order chi connectivity index (χ0) is 51.0. The summed E-state index contributed by atoms with van der Waals surface area (Å²) in [5, 5.41) is 30.8. The monoisotopic (exact) mass is 1000 g/mol. The number of ether oxygens (including phenoxy) is 4. The van der Waals surface area contributed by atoms with Gasteiger partial charge in [0, 0.05) is 13.0 Å². The first-order chi connectivity index (χ1) is 34.1.